The van der Waals surface area contributed by atoms with Gasteiger partial charge in [0.05, 0.1) is 6.10 Å². The number of halogens is 1. The first-order chi connectivity index (χ1) is 11.1. The fraction of sp³-hybridized carbons (Fsp3) is 0.529. The fourth-order valence-electron chi connectivity index (χ4n) is 1.84. The van der Waals surface area contributed by atoms with Crippen LogP contribution in [0.2, 0.25) is 0 Å². The predicted octanol–water partition coefficient (Wildman–Crippen LogP) is 2.78. The van der Waals surface area contributed by atoms with Gasteiger partial charge < -0.3 is 20.5 Å². The Morgan fingerprint density at radius 2 is 1.92 bits per heavy atom. The molecule has 1 amide bonds. The smallest absolute Gasteiger partial charge is 0.408 e. The molecule has 1 unspecified atom stereocenters. The quantitative estimate of drug-likeness (QED) is 0.662. The number of rotatable bonds is 9. The molecule has 0 bridgehead atoms. The number of hydrogen-bond acceptors (Lipinski definition) is 5. The van der Waals surface area contributed by atoms with E-state index in [1.54, 1.807) is 0 Å². The van der Waals surface area contributed by atoms with E-state index in [-0.39, 0.29) is 25.1 Å². The van der Waals surface area contributed by atoms with E-state index in [9.17, 15) is 9.59 Å². The Kier molecular flexibility index (Phi) is 11.7. The number of carbonyl (C=O) groups is 2. The normalized spacial score (nSPS) is 12.5. The van der Waals surface area contributed by atoms with Crippen molar-refractivity contribution in [3.05, 3.63) is 35.9 Å². The van der Waals surface area contributed by atoms with E-state index in [0.29, 0.717) is 25.8 Å². The molecule has 1 rings (SSSR count). The minimum atomic E-state index is -0.740. The summed E-state index contributed by atoms with van der Waals surface area (Å²) >= 11 is 0. The van der Waals surface area contributed by atoms with Crippen LogP contribution in [0.15, 0.2) is 30.3 Å². The summed E-state index contributed by atoms with van der Waals surface area (Å²) in [4.78, 5) is 24.0. The molecule has 0 aliphatic carbocycles. The number of esters is 1. The van der Waals surface area contributed by atoms with Crippen molar-refractivity contribution in [2.24, 2.45) is 5.73 Å². The molecule has 0 saturated carbocycles. The molecule has 3 N–H and O–H groups in total. The van der Waals surface area contributed by atoms with Gasteiger partial charge in [0.25, 0.3) is 0 Å². The van der Waals surface area contributed by atoms with E-state index in [2.05, 4.69) is 5.32 Å². The molecule has 7 heteroatoms. The summed E-state index contributed by atoms with van der Waals surface area (Å²) in [6.45, 7) is 4.32. The van der Waals surface area contributed by atoms with Crippen LogP contribution in [0.5, 0.6) is 0 Å². The van der Waals surface area contributed by atoms with Crippen LogP contribution in [0.25, 0.3) is 0 Å². The van der Waals surface area contributed by atoms with Crippen molar-refractivity contribution in [1.29, 1.82) is 0 Å². The molecule has 6 nitrogen and oxygen atoms in total. The largest absolute Gasteiger partial charge is 0.461 e. The molecule has 0 heterocycles. The average molecular weight is 359 g/mol. The highest BCUT2D eigenvalue weighted by molar-refractivity contribution is 5.85. The molecule has 1 aromatic rings. The second-order valence-corrected chi connectivity index (χ2v) is 5.35. The maximum absolute atomic E-state index is 12.1. The number of nitrogens with one attached hydrogen (secondary N) is 1. The lowest BCUT2D eigenvalue weighted by molar-refractivity contribution is -0.151. The Balaban J connectivity index is 0.00000529. The number of hydrogen-bond donors (Lipinski definition) is 2. The van der Waals surface area contributed by atoms with E-state index >= 15 is 0 Å². The van der Waals surface area contributed by atoms with Crippen LogP contribution in [0.3, 0.4) is 0 Å². The maximum atomic E-state index is 12.1. The minimum absolute atomic E-state index is 0. The third kappa shape index (κ3) is 8.74. The third-order valence-electron chi connectivity index (χ3n) is 3.38. The molecule has 2 atom stereocenters. The van der Waals surface area contributed by atoms with E-state index < -0.39 is 18.1 Å². The summed E-state index contributed by atoms with van der Waals surface area (Å²) in [6.07, 6.45) is 0.918. The first-order valence-corrected chi connectivity index (χ1v) is 7.94. The minimum Gasteiger partial charge on any atom is -0.461 e. The summed E-state index contributed by atoms with van der Waals surface area (Å²) in [5, 5.41) is 2.56. The fourth-order valence-corrected chi connectivity index (χ4v) is 1.84. The first-order valence-electron chi connectivity index (χ1n) is 7.94. The molecule has 1 aromatic carbocycles. The van der Waals surface area contributed by atoms with Crippen LogP contribution in [0, 0.1) is 0 Å². The molecule has 0 spiro atoms. The number of ether oxygens (including phenoxy) is 2. The van der Waals surface area contributed by atoms with E-state index in [4.69, 9.17) is 15.2 Å². The average Bonchev–Trinajstić information content (AvgIpc) is 2.57. The molecule has 0 radical (unpaired) electrons. The van der Waals surface area contributed by atoms with Gasteiger partial charge in [0, 0.05) is 0 Å². The highest BCUT2D eigenvalue weighted by Crippen LogP contribution is 2.06. The Bertz CT molecular complexity index is 485. The Morgan fingerprint density at radius 1 is 1.25 bits per heavy atom. The number of amides is 1. The summed E-state index contributed by atoms with van der Waals surface area (Å²) < 4.78 is 10.4. The Hall–Kier alpha value is -1.79. The van der Waals surface area contributed by atoms with Crippen molar-refractivity contribution in [1.82, 2.24) is 5.32 Å². The van der Waals surface area contributed by atoms with Gasteiger partial charge >= 0.3 is 12.1 Å². The summed E-state index contributed by atoms with van der Waals surface area (Å²) in [5.74, 6) is -0.454. The van der Waals surface area contributed by atoms with Gasteiger partial charge in [-0.15, -0.1) is 12.4 Å². The van der Waals surface area contributed by atoms with Gasteiger partial charge in [0.1, 0.15) is 12.6 Å². The number of alkyl carbamates (subject to hydrolysis) is 1. The molecule has 0 aromatic heterocycles. The summed E-state index contributed by atoms with van der Waals surface area (Å²) in [5.41, 5.74) is 6.35. The molecule has 0 fully saturated rings. The van der Waals surface area contributed by atoms with Crippen molar-refractivity contribution in [3.8, 4) is 0 Å². The number of carbonyl (C=O) groups excluding carboxylic acids is 2. The molecular formula is C17H27ClN2O4. The van der Waals surface area contributed by atoms with E-state index in [0.717, 1.165) is 5.56 Å². The van der Waals surface area contributed by atoms with Crippen molar-refractivity contribution in [3.63, 3.8) is 0 Å². The van der Waals surface area contributed by atoms with Crippen molar-refractivity contribution < 1.29 is 19.1 Å². The van der Waals surface area contributed by atoms with Crippen LogP contribution in [0.4, 0.5) is 4.79 Å². The molecule has 0 saturated heterocycles. The molecular weight excluding hydrogens is 332 g/mol. The van der Waals surface area contributed by atoms with Crippen molar-refractivity contribution >= 4 is 24.5 Å². The van der Waals surface area contributed by atoms with Gasteiger partial charge in [-0.3, -0.25) is 0 Å². The lowest BCUT2D eigenvalue weighted by atomic mass is 10.1. The first kappa shape index (κ1) is 22.2. The van der Waals surface area contributed by atoms with E-state index in [1.165, 1.54) is 0 Å². The summed E-state index contributed by atoms with van der Waals surface area (Å²) in [6, 6.07) is 8.59. The van der Waals surface area contributed by atoms with Crippen LogP contribution < -0.4 is 11.1 Å². The second kappa shape index (κ2) is 12.6. The summed E-state index contributed by atoms with van der Waals surface area (Å²) in [7, 11) is 0. The van der Waals surface area contributed by atoms with Gasteiger partial charge in [-0.25, -0.2) is 9.59 Å². The topological polar surface area (TPSA) is 90.6 Å². The highest BCUT2D eigenvalue weighted by Gasteiger charge is 2.23. The number of nitrogens with two attached hydrogens (primary N) is 1. The van der Waals surface area contributed by atoms with Crippen molar-refractivity contribution in [2.45, 2.75) is 51.9 Å². The second-order valence-electron chi connectivity index (χ2n) is 5.35. The zero-order chi connectivity index (χ0) is 17.1. The standard InChI is InChI=1S/C17H26N2O4.ClH/c1-3-13(2)23-16(20)15(10-7-11-18)19-17(21)22-12-14-8-5-4-6-9-14;/h4-6,8-9,13,15H,3,7,10-12,18H2,1-2H3,(H,19,21);1H/t13?,15-;/m0./s1. The van der Waals surface area contributed by atoms with Crippen LogP contribution in [0.1, 0.15) is 38.7 Å². The van der Waals surface area contributed by atoms with Crippen LogP contribution in [-0.2, 0) is 20.9 Å². The van der Waals surface area contributed by atoms with Gasteiger partial charge in [-0.2, -0.15) is 0 Å². The lowest BCUT2D eigenvalue weighted by Crippen LogP contribution is -2.43. The maximum Gasteiger partial charge on any atom is 0.408 e. The highest BCUT2D eigenvalue weighted by atomic mass is 35.5. The van der Waals surface area contributed by atoms with Gasteiger partial charge in [-0.1, -0.05) is 37.3 Å². The zero-order valence-electron chi connectivity index (χ0n) is 14.2. The van der Waals surface area contributed by atoms with Crippen LogP contribution in [-0.4, -0.2) is 30.8 Å². The van der Waals surface area contributed by atoms with Gasteiger partial charge in [-0.05, 0) is 38.3 Å². The lowest BCUT2D eigenvalue weighted by Gasteiger charge is -2.19. The monoisotopic (exact) mass is 358 g/mol. The molecule has 0 aliphatic rings. The number of benzene rings is 1. The van der Waals surface area contributed by atoms with Gasteiger partial charge in [0.2, 0.25) is 0 Å². The SMILES string of the molecule is CCC(C)OC(=O)[C@H](CCCN)NC(=O)OCc1ccccc1.Cl. The Morgan fingerprint density at radius 3 is 2.50 bits per heavy atom. The van der Waals surface area contributed by atoms with E-state index in [1.807, 2.05) is 44.2 Å². The molecule has 0 aliphatic heterocycles. The predicted molar refractivity (Wildman–Crippen MR) is 94.9 cm³/mol. The van der Waals surface area contributed by atoms with Crippen LogP contribution >= 0.6 is 12.4 Å². The zero-order valence-corrected chi connectivity index (χ0v) is 15.0. The third-order valence-corrected chi connectivity index (χ3v) is 3.38. The van der Waals surface area contributed by atoms with Crippen molar-refractivity contribution in [2.75, 3.05) is 6.54 Å². The molecule has 24 heavy (non-hydrogen) atoms. The van der Waals surface area contributed by atoms with Gasteiger partial charge in [0.15, 0.2) is 0 Å². The molecule has 136 valence electrons. The Labute approximate surface area is 149 Å².